The van der Waals surface area contributed by atoms with Crippen LogP contribution in [0.4, 0.5) is 5.69 Å². The summed E-state index contributed by atoms with van der Waals surface area (Å²) in [6, 6.07) is 13.3. The highest BCUT2D eigenvalue weighted by Gasteiger charge is 2.22. The molecule has 0 spiro atoms. The van der Waals surface area contributed by atoms with Crippen molar-refractivity contribution < 1.29 is 14.3 Å². The fourth-order valence-electron chi connectivity index (χ4n) is 3.64. The molecule has 2 heterocycles. The molecule has 0 radical (unpaired) electrons. The number of amides is 1. The van der Waals surface area contributed by atoms with E-state index in [0.29, 0.717) is 50.2 Å². The van der Waals surface area contributed by atoms with Crippen molar-refractivity contribution >= 4 is 52.5 Å². The number of hydrogen-bond acceptors (Lipinski definition) is 8. The first-order valence-electron chi connectivity index (χ1n) is 12.2. The van der Waals surface area contributed by atoms with E-state index in [1.165, 1.54) is 16.4 Å². The summed E-state index contributed by atoms with van der Waals surface area (Å²) in [4.78, 5) is 34.4. The van der Waals surface area contributed by atoms with Crippen molar-refractivity contribution in [2.75, 3.05) is 11.9 Å². The van der Waals surface area contributed by atoms with Crippen LogP contribution in [0.1, 0.15) is 57.7 Å². The van der Waals surface area contributed by atoms with E-state index in [9.17, 15) is 9.59 Å². The summed E-state index contributed by atoms with van der Waals surface area (Å²) in [6.07, 6.45) is 1.74. The Morgan fingerprint density at radius 1 is 1.00 bits per heavy atom. The summed E-state index contributed by atoms with van der Waals surface area (Å²) in [5.74, 6) is -0.576. The lowest BCUT2D eigenvalue weighted by Gasteiger charge is -2.10. The van der Waals surface area contributed by atoms with Gasteiger partial charge < -0.3 is 10.1 Å². The maximum absolute atomic E-state index is 13.3. The molecule has 2 aromatic carbocycles. The van der Waals surface area contributed by atoms with Crippen LogP contribution in [0, 0.1) is 13.8 Å². The van der Waals surface area contributed by atoms with Gasteiger partial charge in [0.05, 0.1) is 23.6 Å². The molecule has 1 N–H and O–H groups in total. The summed E-state index contributed by atoms with van der Waals surface area (Å²) in [5, 5.41) is 12.6. The number of esters is 1. The Bertz CT molecular complexity index is 1450. The Labute approximate surface area is 240 Å². The van der Waals surface area contributed by atoms with Gasteiger partial charge in [-0.15, -0.1) is 5.10 Å². The van der Waals surface area contributed by atoms with Crippen LogP contribution in [0.3, 0.4) is 0 Å². The number of carbonyl (C=O) groups excluding carboxylic acids is 2. The highest BCUT2D eigenvalue weighted by Crippen LogP contribution is 2.27. The number of halogens is 2. The number of unbranched alkanes of at least 4 members (excludes halogenated alkanes) is 1. The highest BCUT2D eigenvalue weighted by atomic mass is 35.5. The quantitative estimate of drug-likeness (QED) is 0.0974. The van der Waals surface area contributed by atoms with Crippen LogP contribution in [0.2, 0.25) is 10.0 Å². The van der Waals surface area contributed by atoms with Crippen molar-refractivity contribution in [3.63, 3.8) is 0 Å². The number of ether oxygens (including phenoxy) is 1. The van der Waals surface area contributed by atoms with Crippen molar-refractivity contribution in [3.8, 4) is 5.69 Å². The molecule has 0 saturated heterocycles. The third-order valence-corrected chi connectivity index (χ3v) is 6.77. The standard InChI is InChI=1S/C27H26Cl2N6O3S/c1-4-5-10-38-26(37)18-6-8-21(9-7-18)32-25(36)24-23(15-39-27-30-16(2)11-17(3)31-27)35(34-33-24)22-13-19(28)12-20(29)14-22/h6-9,11-14H,4-5,10,15H2,1-3H3,(H,32,36). The number of hydrogen-bond donors (Lipinski definition) is 1. The lowest BCUT2D eigenvalue weighted by atomic mass is 10.2. The SMILES string of the molecule is CCCCOC(=O)c1ccc(NC(=O)c2nnn(-c3cc(Cl)cc(Cl)c3)c2CSc2nc(C)cc(C)n2)cc1. The van der Waals surface area contributed by atoms with Crippen molar-refractivity contribution in [2.45, 2.75) is 44.5 Å². The minimum Gasteiger partial charge on any atom is -0.462 e. The minimum atomic E-state index is -0.468. The molecule has 2 aromatic heterocycles. The summed E-state index contributed by atoms with van der Waals surface area (Å²) in [6.45, 7) is 6.19. The molecular formula is C27H26Cl2N6O3S. The van der Waals surface area contributed by atoms with Gasteiger partial charge in [-0.3, -0.25) is 4.79 Å². The monoisotopic (exact) mass is 584 g/mol. The zero-order chi connectivity index (χ0) is 27.9. The molecule has 0 aliphatic heterocycles. The van der Waals surface area contributed by atoms with Crippen LogP contribution >= 0.6 is 35.0 Å². The van der Waals surface area contributed by atoms with Crippen molar-refractivity contribution in [1.82, 2.24) is 25.0 Å². The van der Waals surface area contributed by atoms with Gasteiger partial charge in [-0.1, -0.05) is 53.5 Å². The largest absolute Gasteiger partial charge is 0.462 e. The Morgan fingerprint density at radius 3 is 2.31 bits per heavy atom. The topological polar surface area (TPSA) is 112 Å². The molecule has 1 amide bonds. The number of carbonyl (C=O) groups is 2. The minimum absolute atomic E-state index is 0.117. The highest BCUT2D eigenvalue weighted by molar-refractivity contribution is 7.98. The van der Waals surface area contributed by atoms with Gasteiger partial charge in [0, 0.05) is 32.9 Å². The van der Waals surface area contributed by atoms with E-state index in [0.717, 1.165) is 24.2 Å². The van der Waals surface area contributed by atoms with Gasteiger partial charge >= 0.3 is 5.97 Å². The molecule has 9 nitrogen and oxygen atoms in total. The Morgan fingerprint density at radius 2 is 1.67 bits per heavy atom. The molecule has 39 heavy (non-hydrogen) atoms. The normalized spacial score (nSPS) is 10.9. The second-order valence-corrected chi connectivity index (χ2v) is 10.5. The third-order valence-electron chi connectivity index (χ3n) is 5.48. The van der Waals surface area contributed by atoms with Gasteiger partial charge in [0.15, 0.2) is 10.9 Å². The zero-order valence-electron chi connectivity index (χ0n) is 21.6. The Balaban J connectivity index is 1.59. The second-order valence-electron chi connectivity index (χ2n) is 8.67. The molecule has 202 valence electrons. The number of nitrogens with one attached hydrogen (secondary N) is 1. The first-order chi connectivity index (χ1) is 18.7. The molecule has 4 rings (SSSR count). The molecule has 0 saturated carbocycles. The summed E-state index contributed by atoms with van der Waals surface area (Å²) >= 11 is 13.8. The number of aromatic nitrogens is 5. The fraction of sp³-hybridized carbons (Fsp3) is 0.259. The van der Waals surface area contributed by atoms with E-state index in [4.69, 9.17) is 27.9 Å². The van der Waals surface area contributed by atoms with Gasteiger partial charge in [0.25, 0.3) is 5.91 Å². The number of aryl methyl sites for hydroxylation is 2. The van der Waals surface area contributed by atoms with Gasteiger partial charge in [-0.05, 0) is 68.8 Å². The first kappa shape index (κ1) is 28.5. The van der Waals surface area contributed by atoms with E-state index in [-0.39, 0.29) is 5.69 Å². The lowest BCUT2D eigenvalue weighted by molar-refractivity contribution is 0.0499. The van der Waals surface area contributed by atoms with Crippen molar-refractivity contribution in [2.24, 2.45) is 0 Å². The Kier molecular flexibility index (Phi) is 9.55. The average molecular weight is 586 g/mol. The summed E-state index contributed by atoms with van der Waals surface area (Å²) in [5.41, 5.74) is 3.76. The lowest BCUT2D eigenvalue weighted by Crippen LogP contribution is -2.15. The van der Waals surface area contributed by atoms with Gasteiger partial charge in [0.2, 0.25) is 0 Å². The molecular weight excluding hydrogens is 559 g/mol. The predicted molar refractivity (Wildman–Crippen MR) is 152 cm³/mol. The molecule has 0 bridgehead atoms. The number of thioether (sulfide) groups is 1. The third kappa shape index (κ3) is 7.56. The predicted octanol–water partition coefficient (Wildman–Crippen LogP) is 6.48. The molecule has 0 aliphatic carbocycles. The molecule has 0 unspecified atom stereocenters. The fourth-order valence-corrected chi connectivity index (χ4v) is 5.10. The van der Waals surface area contributed by atoms with Crippen LogP contribution in [0.25, 0.3) is 5.69 Å². The van der Waals surface area contributed by atoms with Gasteiger partial charge in [0.1, 0.15) is 0 Å². The Hall–Kier alpha value is -3.47. The first-order valence-corrected chi connectivity index (χ1v) is 13.9. The zero-order valence-corrected chi connectivity index (χ0v) is 23.9. The number of anilines is 1. The average Bonchev–Trinajstić information content (AvgIpc) is 3.31. The smallest absolute Gasteiger partial charge is 0.338 e. The molecule has 12 heteroatoms. The molecule has 0 aliphatic rings. The second kappa shape index (κ2) is 13.1. The van der Waals surface area contributed by atoms with Gasteiger partial charge in [-0.2, -0.15) is 0 Å². The number of rotatable bonds is 10. The summed E-state index contributed by atoms with van der Waals surface area (Å²) < 4.78 is 6.76. The van der Waals surface area contributed by atoms with Crippen LogP contribution in [0.5, 0.6) is 0 Å². The van der Waals surface area contributed by atoms with E-state index < -0.39 is 11.9 Å². The van der Waals surface area contributed by atoms with Crippen LogP contribution in [0.15, 0.2) is 53.7 Å². The molecule has 0 fully saturated rings. The van der Waals surface area contributed by atoms with Crippen LogP contribution < -0.4 is 5.32 Å². The summed E-state index contributed by atoms with van der Waals surface area (Å²) in [7, 11) is 0. The van der Waals surface area contributed by atoms with Crippen LogP contribution in [-0.2, 0) is 10.5 Å². The van der Waals surface area contributed by atoms with E-state index in [1.807, 2.05) is 26.8 Å². The van der Waals surface area contributed by atoms with Crippen molar-refractivity contribution in [1.29, 1.82) is 0 Å². The van der Waals surface area contributed by atoms with E-state index in [1.54, 1.807) is 42.5 Å². The molecule has 0 atom stereocenters. The molecule has 4 aromatic rings. The number of benzene rings is 2. The van der Waals surface area contributed by atoms with E-state index in [2.05, 4.69) is 25.6 Å². The number of nitrogens with zero attached hydrogens (tertiary/aromatic N) is 5. The maximum atomic E-state index is 13.3. The van der Waals surface area contributed by atoms with Crippen molar-refractivity contribution in [3.05, 3.63) is 86.9 Å². The van der Waals surface area contributed by atoms with Crippen LogP contribution in [-0.4, -0.2) is 43.4 Å². The maximum Gasteiger partial charge on any atom is 0.338 e. The van der Waals surface area contributed by atoms with E-state index >= 15 is 0 Å². The van der Waals surface area contributed by atoms with Gasteiger partial charge in [-0.25, -0.2) is 19.4 Å².